The van der Waals surface area contributed by atoms with Crippen molar-refractivity contribution in [2.24, 2.45) is 0 Å². The van der Waals surface area contributed by atoms with Gasteiger partial charge >= 0.3 is 6.03 Å². The summed E-state index contributed by atoms with van der Waals surface area (Å²) >= 11 is 0. The van der Waals surface area contributed by atoms with E-state index < -0.39 is 17.8 Å². The highest BCUT2D eigenvalue weighted by molar-refractivity contribution is 6.30. The van der Waals surface area contributed by atoms with Gasteiger partial charge in [-0.3, -0.25) is 19.8 Å². The molecule has 0 saturated carbocycles. The number of urea groups is 1. The molecule has 110 valence electrons. The summed E-state index contributed by atoms with van der Waals surface area (Å²) < 4.78 is 10.3. The number of amides is 4. The predicted octanol–water partition coefficient (Wildman–Crippen LogP) is 0.795. The number of nitrogens with zero attached hydrogens (tertiary/aromatic N) is 1. The van der Waals surface area contributed by atoms with Crippen molar-refractivity contribution in [3.63, 3.8) is 0 Å². The average molecular weight is 290 g/mol. The van der Waals surface area contributed by atoms with Crippen LogP contribution >= 0.6 is 0 Å². The lowest BCUT2D eigenvalue weighted by molar-refractivity contribution is -0.129. The Balaban J connectivity index is 2.49. The van der Waals surface area contributed by atoms with E-state index in [1.807, 2.05) is 0 Å². The molecule has 0 radical (unpaired) electrons. The van der Waals surface area contributed by atoms with Crippen molar-refractivity contribution < 1.29 is 23.9 Å². The number of hydrogen-bond acceptors (Lipinski definition) is 5. The van der Waals surface area contributed by atoms with E-state index in [4.69, 9.17) is 9.47 Å². The third kappa shape index (κ3) is 2.71. The lowest BCUT2D eigenvalue weighted by atomic mass is 10.1. The van der Waals surface area contributed by atoms with Crippen LogP contribution in [0.15, 0.2) is 23.8 Å². The highest BCUT2D eigenvalue weighted by atomic mass is 16.5. The van der Waals surface area contributed by atoms with E-state index in [1.165, 1.54) is 27.3 Å². The first-order chi connectivity index (χ1) is 9.97. The molecule has 7 heteroatoms. The number of imide groups is 2. The SMILES string of the molecule is COc1ccc(OC)c(/C=C2\C(=O)NC(=O)N(C)C2=O)c1. The predicted molar refractivity (Wildman–Crippen MR) is 73.8 cm³/mol. The summed E-state index contributed by atoms with van der Waals surface area (Å²) in [6.07, 6.45) is 1.36. The summed E-state index contributed by atoms with van der Waals surface area (Å²) in [5.74, 6) is -0.388. The lowest BCUT2D eigenvalue weighted by Crippen LogP contribution is -2.52. The zero-order chi connectivity index (χ0) is 15.6. The summed E-state index contributed by atoms with van der Waals surface area (Å²) in [7, 11) is 4.27. The zero-order valence-electron chi connectivity index (χ0n) is 11.8. The van der Waals surface area contributed by atoms with Gasteiger partial charge in [-0.1, -0.05) is 0 Å². The zero-order valence-corrected chi connectivity index (χ0v) is 11.8. The lowest BCUT2D eigenvalue weighted by Gasteiger charge is -2.22. The van der Waals surface area contributed by atoms with E-state index in [1.54, 1.807) is 18.2 Å². The number of ether oxygens (including phenoxy) is 2. The topological polar surface area (TPSA) is 84.9 Å². The summed E-state index contributed by atoms with van der Waals surface area (Å²) in [6.45, 7) is 0. The number of benzene rings is 1. The number of rotatable bonds is 3. The minimum atomic E-state index is -0.750. The van der Waals surface area contributed by atoms with Crippen molar-refractivity contribution in [1.82, 2.24) is 10.2 Å². The Labute approximate surface area is 121 Å². The molecule has 0 aromatic heterocycles. The van der Waals surface area contributed by atoms with Gasteiger partial charge in [0.1, 0.15) is 17.1 Å². The van der Waals surface area contributed by atoms with Crippen molar-refractivity contribution in [2.45, 2.75) is 0 Å². The fourth-order valence-electron chi connectivity index (χ4n) is 1.85. The van der Waals surface area contributed by atoms with Gasteiger partial charge in [0.15, 0.2) is 0 Å². The van der Waals surface area contributed by atoms with Gasteiger partial charge in [-0.05, 0) is 24.3 Å². The first-order valence-corrected chi connectivity index (χ1v) is 6.05. The van der Waals surface area contributed by atoms with Crippen LogP contribution < -0.4 is 14.8 Å². The minimum Gasteiger partial charge on any atom is -0.497 e. The van der Waals surface area contributed by atoms with Gasteiger partial charge in [0.05, 0.1) is 14.2 Å². The van der Waals surface area contributed by atoms with Crippen molar-refractivity contribution >= 4 is 23.9 Å². The highest BCUT2D eigenvalue weighted by Gasteiger charge is 2.33. The molecule has 1 fully saturated rings. The van der Waals surface area contributed by atoms with Crippen LogP contribution in [0, 0.1) is 0 Å². The number of hydrogen-bond donors (Lipinski definition) is 1. The summed E-state index contributed by atoms with van der Waals surface area (Å²) in [6, 6.07) is 4.23. The van der Waals surface area contributed by atoms with Crippen LogP contribution in [0.3, 0.4) is 0 Å². The van der Waals surface area contributed by atoms with Gasteiger partial charge in [0.2, 0.25) is 0 Å². The second-order valence-electron chi connectivity index (χ2n) is 4.29. The summed E-state index contributed by atoms with van der Waals surface area (Å²) in [5, 5.41) is 2.08. The highest BCUT2D eigenvalue weighted by Crippen LogP contribution is 2.27. The Morgan fingerprint density at radius 1 is 1.14 bits per heavy atom. The molecule has 0 unspecified atom stereocenters. The maximum atomic E-state index is 12.0. The Morgan fingerprint density at radius 2 is 1.86 bits per heavy atom. The smallest absolute Gasteiger partial charge is 0.331 e. The van der Waals surface area contributed by atoms with E-state index in [9.17, 15) is 14.4 Å². The molecule has 0 bridgehead atoms. The van der Waals surface area contributed by atoms with E-state index in [2.05, 4.69) is 5.32 Å². The molecule has 1 saturated heterocycles. The standard InChI is InChI=1S/C14H14N2O5/c1-16-13(18)10(12(17)15-14(16)19)7-8-6-9(20-2)4-5-11(8)21-3/h4-7H,1-3H3,(H,15,17,19)/b10-7+. The van der Waals surface area contributed by atoms with E-state index in [-0.39, 0.29) is 5.57 Å². The molecule has 0 aliphatic carbocycles. The van der Waals surface area contributed by atoms with Crippen LogP contribution in [0.5, 0.6) is 11.5 Å². The average Bonchev–Trinajstić information content (AvgIpc) is 2.49. The first kappa shape index (κ1) is 14.6. The fourth-order valence-corrected chi connectivity index (χ4v) is 1.85. The molecule has 1 heterocycles. The molecular formula is C14H14N2O5. The molecule has 1 aromatic rings. The number of likely N-dealkylation sites (N-methyl/N-ethyl adjacent to an activating group) is 1. The molecule has 21 heavy (non-hydrogen) atoms. The van der Waals surface area contributed by atoms with Crippen molar-refractivity contribution in [2.75, 3.05) is 21.3 Å². The number of nitrogens with one attached hydrogen (secondary N) is 1. The van der Waals surface area contributed by atoms with E-state index in [0.29, 0.717) is 17.1 Å². The quantitative estimate of drug-likeness (QED) is 0.657. The van der Waals surface area contributed by atoms with Crippen LogP contribution in [-0.4, -0.2) is 44.0 Å². The Hall–Kier alpha value is -2.83. The van der Waals surface area contributed by atoms with Gasteiger partial charge in [0, 0.05) is 12.6 Å². The molecule has 0 spiro atoms. The molecule has 1 aliphatic rings. The van der Waals surface area contributed by atoms with Crippen LogP contribution in [0.2, 0.25) is 0 Å². The summed E-state index contributed by atoms with van der Waals surface area (Å²) in [5.41, 5.74) is 0.349. The maximum Gasteiger partial charge on any atom is 0.331 e. The Morgan fingerprint density at radius 3 is 2.48 bits per heavy atom. The number of barbiturate groups is 1. The van der Waals surface area contributed by atoms with Crippen LogP contribution in [-0.2, 0) is 9.59 Å². The molecule has 0 atom stereocenters. The largest absolute Gasteiger partial charge is 0.497 e. The van der Waals surface area contributed by atoms with Crippen molar-refractivity contribution in [3.05, 3.63) is 29.3 Å². The van der Waals surface area contributed by atoms with Crippen LogP contribution in [0.1, 0.15) is 5.56 Å². The van der Waals surface area contributed by atoms with Crippen LogP contribution in [0.25, 0.3) is 6.08 Å². The molecular weight excluding hydrogens is 276 g/mol. The second kappa shape index (κ2) is 5.66. The maximum absolute atomic E-state index is 12.0. The molecule has 1 N–H and O–H groups in total. The minimum absolute atomic E-state index is 0.149. The van der Waals surface area contributed by atoms with Gasteiger partial charge in [-0.25, -0.2) is 4.79 Å². The third-order valence-corrected chi connectivity index (χ3v) is 3.04. The number of methoxy groups -OCH3 is 2. The molecule has 4 amide bonds. The van der Waals surface area contributed by atoms with Gasteiger partial charge in [0.25, 0.3) is 11.8 Å². The molecule has 2 rings (SSSR count). The Bertz CT molecular complexity index is 651. The Kier molecular flexibility index (Phi) is 3.93. The van der Waals surface area contributed by atoms with Crippen LogP contribution in [0.4, 0.5) is 4.79 Å². The fraction of sp³-hybridized carbons (Fsp3) is 0.214. The third-order valence-electron chi connectivity index (χ3n) is 3.04. The van der Waals surface area contributed by atoms with Gasteiger partial charge in [-0.2, -0.15) is 0 Å². The van der Waals surface area contributed by atoms with E-state index in [0.717, 1.165) is 4.90 Å². The first-order valence-electron chi connectivity index (χ1n) is 6.05. The monoisotopic (exact) mass is 290 g/mol. The molecule has 1 aliphatic heterocycles. The van der Waals surface area contributed by atoms with Crippen molar-refractivity contribution in [3.8, 4) is 11.5 Å². The summed E-state index contributed by atoms with van der Waals surface area (Å²) in [4.78, 5) is 36.0. The normalized spacial score (nSPS) is 17.0. The second-order valence-corrected chi connectivity index (χ2v) is 4.29. The van der Waals surface area contributed by atoms with E-state index >= 15 is 0 Å². The van der Waals surface area contributed by atoms with Crippen molar-refractivity contribution in [1.29, 1.82) is 0 Å². The van der Waals surface area contributed by atoms with Gasteiger partial charge < -0.3 is 9.47 Å². The van der Waals surface area contributed by atoms with Gasteiger partial charge in [-0.15, -0.1) is 0 Å². The number of carbonyl (C=O) groups is 3. The number of carbonyl (C=O) groups excluding carboxylic acids is 3. The molecule has 7 nitrogen and oxygen atoms in total. The molecule has 1 aromatic carbocycles.